The van der Waals surface area contributed by atoms with Crippen molar-refractivity contribution < 1.29 is 14.3 Å². The number of rotatable bonds is 3. The minimum atomic E-state index is -0.754. The largest absolute Gasteiger partial charge is 0.497 e. The van der Waals surface area contributed by atoms with Crippen molar-refractivity contribution in [3.63, 3.8) is 0 Å². The van der Waals surface area contributed by atoms with Crippen molar-refractivity contribution in [2.24, 2.45) is 15.4 Å². The Balaban J connectivity index is 1.78. The molecule has 23 heavy (non-hydrogen) atoms. The Morgan fingerprint density at radius 3 is 2.57 bits per heavy atom. The van der Waals surface area contributed by atoms with E-state index in [1.54, 1.807) is 20.4 Å². The maximum absolute atomic E-state index is 12.1. The molecular weight excluding hydrogens is 300 g/mol. The lowest BCUT2D eigenvalue weighted by Gasteiger charge is -2.37. The van der Waals surface area contributed by atoms with Crippen LogP contribution in [0.3, 0.4) is 0 Å². The molecule has 0 aromatic heterocycles. The fourth-order valence-corrected chi connectivity index (χ4v) is 2.44. The first-order valence-corrected chi connectivity index (χ1v) is 6.95. The van der Waals surface area contributed by atoms with Crippen LogP contribution in [0, 0.1) is 0 Å². The third-order valence-corrected chi connectivity index (χ3v) is 3.80. The second-order valence-corrected chi connectivity index (χ2v) is 5.19. The number of carbonyl (C=O) groups is 2. The predicted molar refractivity (Wildman–Crippen MR) is 80.8 cm³/mol. The van der Waals surface area contributed by atoms with E-state index in [-0.39, 0.29) is 5.91 Å². The van der Waals surface area contributed by atoms with Gasteiger partial charge in [-0.2, -0.15) is 10.2 Å². The molecule has 0 N–H and O–H groups in total. The number of hydrogen-bond acceptors (Lipinski definition) is 7. The third-order valence-electron chi connectivity index (χ3n) is 3.80. The minimum absolute atomic E-state index is 0.385. The number of nitrogens with zero attached hydrogens (tertiary/aromatic N) is 6. The summed E-state index contributed by atoms with van der Waals surface area (Å²) in [6, 6.07) is 6.13. The van der Waals surface area contributed by atoms with Gasteiger partial charge in [-0.25, -0.2) is 4.79 Å². The number of likely N-dealkylation sites (N-methyl/N-ethyl adjacent to an activating group) is 2. The molecular formula is C14H16N6O3. The van der Waals surface area contributed by atoms with Gasteiger partial charge in [0.1, 0.15) is 5.75 Å². The van der Waals surface area contributed by atoms with Crippen LogP contribution < -0.4 is 4.74 Å². The number of hydrogen-bond donors (Lipinski definition) is 0. The normalized spacial score (nSPS) is 23.9. The number of fused-ring (bicyclic) bond motifs is 1. The van der Waals surface area contributed by atoms with Crippen molar-refractivity contribution in [1.82, 2.24) is 14.9 Å². The Bertz CT molecular complexity index is 686. The number of urea groups is 1. The molecule has 0 radical (unpaired) electrons. The fraction of sp³-hybridized carbons (Fsp3) is 0.357. The highest BCUT2D eigenvalue weighted by atomic mass is 16.5. The van der Waals surface area contributed by atoms with E-state index in [1.807, 2.05) is 24.3 Å². The first-order valence-electron chi connectivity index (χ1n) is 6.95. The standard InChI is InChI=1S/C14H16N6O3/c1-18-12-11(13(21)19(2)14(18)22)16-17-20(12)15-8-9-4-6-10(23-3)7-5-9/h4-8,11-12H,1-3H3. The van der Waals surface area contributed by atoms with Gasteiger partial charge in [0.2, 0.25) is 0 Å². The molecule has 1 saturated heterocycles. The molecule has 1 aromatic carbocycles. The van der Waals surface area contributed by atoms with Crippen LogP contribution in [0.4, 0.5) is 4.79 Å². The van der Waals surface area contributed by atoms with Crippen LogP contribution in [0.15, 0.2) is 39.7 Å². The van der Waals surface area contributed by atoms with Crippen LogP contribution in [0.5, 0.6) is 5.75 Å². The summed E-state index contributed by atoms with van der Waals surface area (Å²) >= 11 is 0. The highest BCUT2D eigenvalue weighted by molar-refractivity contribution is 6.00. The maximum Gasteiger partial charge on any atom is 0.328 e. The Morgan fingerprint density at radius 1 is 1.22 bits per heavy atom. The number of methoxy groups -OCH3 is 1. The smallest absolute Gasteiger partial charge is 0.328 e. The van der Waals surface area contributed by atoms with Crippen molar-refractivity contribution in [2.45, 2.75) is 12.2 Å². The number of hydrazone groups is 1. The van der Waals surface area contributed by atoms with Crippen molar-refractivity contribution in [1.29, 1.82) is 0 Å². The summed E-state index contributed by atoms with van der Waals surface area (Å²) in [5.74, 6) is 0.360. The summed E-state index contributed by atoms with van der Waals surface area (Å²) in [5, 5.41) is 13.3. The van der Waals surface area contributed by atoms with Crippen LogP contribution in [0.1, 0.15) is 5.56 Å². The summed E-state index contributed by atoms with van der Waals surface area (Å²) < 4.78 is 5.09. The molecule has 3 rings (SSSR count). The Labute approximate surface area is 132 Å². The van der Waals surface area contributed by atoms with E-state index < -0.39 is 18.2 Å². The molecule has 9 nitrogen and oxygen atoms in total. The first kappa shape index (κ1) is 14.9. The quantitative estimate of drug-likeness (QED) is 0.776. The zero-order chi connectivity index (χ0) is 16.6. The zero-order valence-corrected chi connectivity index (χ0v) is 12.9. The van der Waals surface area contributed by atoms with Crippen molar-refractivity contribution >= 4 is 18.2 Å². The molecule has 0 bridgehead atoms. The van der Waals surface area contributed by atoms with Crippen molar-refractivity contribution in [3.8, 4) is 5.75 Å². The maximum atomic E-state index is 12.1. The second kappa shape index (κ2) is 5.67. The lowest BCUT2D eigenvalue weighted by atomic mass is 10.1. The molecule has 0 aliphatic carbocycles. The SMILES string of the molecule is COc1ccc(C=NN2N=NC3C(=O)N(C)C(=O)N(C)C32)cc1. The molecule has 1 aromatic rings. The van der Waals surface area contributed by atoms with Crippen LogP contribution in [0.2, 0.25) is 0 Å². The highest BCUT2D eigenvalue weighted by Gasteiger charge is 2.50. The van der Waals surface area contributed by atoms with Gasteiger partial charge in [-0.15, -0.1) is 5.12 Å². The van der Waals surface area contributed by atoms with Gasteiger partial charge in [0.25, 0.3) is 5.91 Å². The Hall–Kier alpha value is -2.97. The van der Waals surface area contributed by atoms with Crippen LogP contribution >= 0.6 is 0 Å². The molecule has 0 saturated carbocycles. The van der Waals surface area contributed by atoms with Gasteiger partial charge in [0.05, 0.1) is 13.3 Å². The summed E-state index contributed by atoms with van der Waals surface area (Å²) in [4.78, 5) is 26.5. The predicted octanol–water partition coefficient (Wildman–Crippen LogP) is 0.930. The number of carbonyl (C=O) groups excluding carboxylic acids is 2. The molecule has 120 valence electrons. The lowest BCUT2D eigenvalue weighted by molar-refractivity contribution is -0.134. The average molecular weight is 316 g/mol. The van der Waals surface area contributed by atoms with E-state index in [1.165, 1.54) is 17.1 Å². The fourth-order valence-electron chi connectivity index (χ4n) is 2.44. The number of amides is 3. The van der Waals surface area contributed by atoms with E-state index in [4.69, 9.17) is 4.74 Å². The number of imide groups is 1. The number of benzene rings is 1. The second-order valence-electron chi connectivity index (χ2n) is 5.19. The minimum Gasteiger partial charge on any atom is -0.497 e. The molecule has 2 aliphatic rings. The monoisotopic (exact) mass is 316 g/mol. The van der Waals surface area contributed by atoms with Gasteiger partial charge < -0.3 is 9.64 Å². The molecule has 2 heterocycles. The molecule has 1 fully saturated rings. The van der Waals surface area contributed by atoms with Crippen LogP contribution in [0.25, 0.3) is 0 Å². The summed E-state index contributed by atoms with van der Waals surface area (Å²) in [6.07, 6.45) is 0.947. The van der Waals surface area contributed by atoms with Gasteiger partial charge in [0.15, 0.2) is 12.2 Å². The van der Waals surface area contributed by atoms with Gasteiger partial charge in [-0.05, 0) is 29.8 Å². The van der Waals surface area contributed by atoms with Crippen molar-refractivity contribution in [2.75, 3.05) is 21.2 Å². The van der Waals surface area contributed by atoms with Crippen LogP contribution in [-0.2, 0) is 4.79 Å². The third kappa shape index (κ3) is 2.50. The van der Waals surface area contributed by atoms with Gasteiger partial charge >= 0.3 is 6.03 Å². The molecule has 2 unspecified atom stereocenters. The highest BCUT2D eigenvalue weighted by Crippen LogP contribution is 2.27. The van der Waals surface area contributed by atoms with E-state index in [2.05, 4.69) is 15.4 Å². The Kier molecular flexibility index (Phi) is 3.68. The number of ether oxygens (including phenoxy) is 1. The van der Waals surface area contributed by atoms with E-state index in [9.17, 15) is 9.59 Å². The summed E-state index contributed by atoms with van der Waals surface area (Å²) in [5.41, 5.74) is 0.831. The first-order chi connectivity index (χ1) is 11.0. The molecule has 0 spiro atoms. The summed E-state index contributed by atoms with van der Waals surface area (Å²) in [7, 11) is 4.61. The van der Waals surface area contributed by atoms with Crippen molar-refractivity contribution in [3.05, 3.63) is 29.8 Å². The molecule has 9 heteroatoms. The lowest BCUT2D eigenvalue weighted by Crippen LogP contribution is -2.63. The topological polar surface area (TPSA) is 90.2 Å². The van der Waals surface area contributed by atoms with Crippen LogP contribution in [-0.4, -0.2) is 66.5 Å². The molecule has 2 aliphatic heterocycles. The van der Waals surface area contributed by atoms with E-state index in [0.717, 1.165) is 16.2 Å². The molecule has 3 amide bonds. The van der Waals surface area contributed by atoms with E-state index in [0.29, 0.717) is 0 Å². The van der Waals surface area contributed by atoms with Gasteiger partial charge in [0, 0.05) is 14.1 Å². The molecule has 2 atom stereocenters. The van der Waals surface area contributed by atoms with Gasteiger partial charge in [-0.1, -0.05) is 5.22 Å². The van der Waals surface area contributed by atoms with Gasteiger partial charge in [-0.3, -0.25) is 9.69 Å². The Morgan fingerprint density at radius 2 is 1.91 bits per heavy atom. The summed E-state index contributed by atoms with van der Waals surface area (Å²) in [6.45, 7) is 0. The average Bonchev–Trinajstić information content (AvgIpc) is 3.00. The zero-order valence-electron chi connectivity index (χ0n) is 12.9. The van der Waals surface area contributed by atoms with E-state index >= 15 is 0 Å².